The summed E-state index contributed by atoms with van der Waals surface area (Å²) in [6.07, 6.45) is 36.1. The number of rotatable bonds is 23. The van der Waals surface area contributed by atoms with Gasteiger partial charge in [-0.3, -0.25) is 9.59 Å². The summed E-state index contributed by atoms with van der Waals surface area (Å²) < 4.78 is 4.41. The molecule has 216 valence electrons. The van der Waals surface area contributed by atoms with Crippen molar-refractivity contribution in [2.24, 2.45) is 0 Å². The smallest absolute Gasteiger partial charge is 0.330 e. The summed E-state index contributed by atoms with van der Waals surface area (Å²) in [6.45, 7) is 4.55. The SMILES string of the molecule is CC/C=C\C/C=C\C/C=C\C/C=C\C/C=C\C/C=C\CCC(=O)NCCCNCCNC(=O)/C=C/C(=O)OC. The average molecular weight is 540 g/mol. The Morgan fingerprint density at radius 1 is 0.615 bits per heavy atom. The Labute approximate surface area is 235 Å². The van der Waals surface area contributed by atoms with Gasteiger partial charge in [-0.15, -0.1) is 0 Å². The van der Waals surface area contributed by atoms with Crippen LogP contribution in [0.2, 0.25) is 0 Å². The fourth-order valence-electron chi connectivity index (χ4n) is 3.05. The molecule has 3 N–H and O–H groups in total. The normalized spacial score (nSPS) is 12.4. The van der Waals surface area contributed by atoms with Crippen molar-refractivity contribution in [2.45, 2.75) is 64.7 Å². The Kier molecular flexibility index (Phi) is 26.5. The summed E-state index contributed by atoms with van der Waals surface area (Å²) in [4.78, 5) is 34.2. The predicted octanol–water partition coefficient (Wildman–Crippen LogP) is 5.41. The maximum absolute atomic E-state index is 11.9. The average Bonchev–Trinajstić information content (AvgIpc) is 2.94. The van der Waals surface area contributed by atoms with Gasteiger partial charge in [0.1, 0.15) is 0 Å². The standard InChI is InChI=1S/C32H49N3O4/c1-3-4-5-6-7-8-9-10-11-12-13-14-15-16-17-18-19-20-21-23-30(36)34-27-22-26-33-28-29-35-31(37)24-25-32(38)39-2/h4-5,7-8,10-11,13-14,16-17,19-20,24-25,33H,3,6,9,12,15,18,21-23,26-29H2,1-2H3,(H,34,36)(H,35,37)/b5-4-,8-7-,11-10-,14-13-,17-16-,20-19-,25-24+. The Morgan fingerprint density at radius 3 is 1.69 bits per heavy atom. The fraction of sp³-hybridized carbons (Fsp3) is 0.469. The lowest BCUT2D eigenvalue weighted by Gasteiger charge is -2.06. The molecule has 0 aliphatic heterocycles. The number of methoxy groups -OCH3 is 1. The number of carbonyl (C=O) groups is 3. The third-order valence-electron chi connectivity index (χ3n) is 5.16. The van der Waals surface area contributed by atoms with Crippen LogP contribution in [-0.4, -0.2) is 51.1 Å². The topological polar surface area (TPSA) is 96.5 Å². The first-order valence-corrected chi connectivity index (χ1v) is 14.0. The van der Waals surface area contributed by atoms with E-state index in [9.17, 15) is 14.4 Å². The number of allylic oxidation sites excluding steroid dienone is 12. The van der Waals surface area contributed by atoms with Crippen LogP contribution >= 0.6 is 0 Å². The minimum atomic E-state index is -0.567. The molecule has 0 unspecified atom stereocenters. The van der Waals surface area contributed by atoms with Gasteiger partial charge in [0.25, 0.3) is 0 Å². The van der Waals surface area contributed by atoms with Crippen molar-refractivity contribution < 1.29 is 19.1 Å². The van der Waals surface area contributed by atoms with Crippen molar-refractivity contribution >= 4 is 17.8 Å². The molecule has 0 aromatic rings. The lowest BCUT2D eigenvalue weighted by molar-refractivity contribution is -0.135. The molecular formula is C32H49N3O4. The molecule has 0 radical (unpaired) electrons. The van der Waals surface area contributed by atoms with Crippen LogP contribution in [0, 0.1) is 0 Å². The zero-order chi connectivity index (χ0) is 28.7. The summed E-state index contributed by atoms with van der Waals surface area (Å²) in [5.74, 6) is -0.858. The molecule has 0 aliphatic carbocycles. The first kappa shape index (κ1) is 35.5. The third kappa shape index (κ3) is 29.0. The summed E-state index contributed by atoms with van der Waals surface area (Å²) >= 11 is 0. The van der Waals surface area contributed by atoms with Crippen molar-refractivity contribution in [1.29, 1.82) is 0 Å². The molecule has 0 aromatic carbocycles. The summed E-state index contributed by atoms with van der Waals surface area (Å²) in [5.41, 5.74) is 0. The maximum atomic E-state index is 11.9. The van der Waals surface area contributed by atoms with E-state index in [-0.39, 0.29) is 11.8 Å². The van der Waals surface area contributed by atoms with Crippen LogP contribution in [0.3, 0.4) is 0 Å². The van der Waals surface area contributed by atoms with E-state index in [1.165, 1.54) is 7.11 Å². The number of carbonyl (C=O) groups excluding carboxylic acids is 3. The molecule has 0 heterocycles. The van der Waals surface area contributed by atoms with Crippen LogP contribution < -0.4 is 16.0 Å². The van der Waals surface area contributed by atoms with Crippen LogP contribution in [0.25, 0.3) is 0 Å². The highest BCUT2D eigenvalue weighted by Crippen LogP contribution is 1.98. The molecule has 2 amide bonds. The number of hydrogen-bond acceptors (Lipinski definition) is 5. The second-order valence-corrected chi connectivity index (χ2v) is 8.55. The van der Waals surface area contributed by atoms with E-state index < -0.39 is 5.97 Å². The molecule has 0 aliphatic rings. The number of ether oxygens (including phenoxy) is 1. The largest absolute Gasteiger partial charge is 0.466 e. The first-order valence-electron chi connectivity index (χ1n) is 14.0. The lowest BCUT2D eigenvalue weighted by Crippen LogP contribution is -2.32. The highest BCUT2D eigenvalue weighted by atomic mass is 16.5. The molecule has 39 heavy (non-hydrogen) atoms. The molecule has 0 spiro atoms. The number of hydrogen-bond donors (Lipinski definition) is 3. The Bertz CT molecular complexity index is 851. The zero-order valence-corrected chi connectivity index (χ0v) is 23.9. The van der Waals surface area contributed by atoms with E-state index in [4.69, 9.17) is 0 Å². The Morgan fingerprint density at radius 2 is 1.15 bits per heavy atom. The molecule has 0 atom stereocenters. The summed E-state index contributed by atoms with van der Waals surface area (Å²) in [6, 6.07) is 0. The molecule has 0 aromatic heterocycles. The molecule has 0 bridgehead atoms. The second kappa shape index (κ2) is 29.1. The molecule has 0 rings (SSSR count). The van der Waals surface area contributed by atoms with E-state index in [1.807, 2.05) is 0 Å². The summed E-state index contributed by atoms with van der Waals surface area (Å²) in [7, 11) is 1.25. The van der Waals surface area contributed by atoms with Crippen LogP contribution in [0.1, 0.15) is 64.7 Å². The van der Waals surface area contributed by atoms with Gasteiger partial charge in [-0.25, -0.2) is 4.79 Å². The van der Waals surface area contributed by atoms with Gasteiger partial charge in [-0.05, 0) is 57.9 Å². The lowest BCUT2D eigenvalue weighted by atomic mass is 10.2. The fourth-order valence-corrected chi connectivity index (χ4v) is 3.05. The third-order valence-corrected chi connectivity index (χ3v) is 5.16. The molecule has 0 fully saturated rings. The van der Waals surface area contributed by atoms with E-state index in [0.717, 1.165) is 70.1 Å². The van der Waals surface area contributed by atoms with E-state index >= 15 is 0 Å². The van der Waals surface area contributed by atoms with Crippen molar-refractivity contribution in [3.05, 3.63) is 85.1 Å². The van der Waals surface area contributed by atoms with Crippen LogP contribution in [0.4, 0.5) is 0 Å². The van der Waals surface area contributed by atoms with E-state index in [2.05, 4.69) is 101 Å². The van der Waals surface area contributed by atoms with Gasteiger partial charge in [0.15, 0.2) is 0 Å². The van der Waals surface area contributed by atoms with E-state index in [0.29, 0.717) is 26.1 Å². The van der Waals surface area contributed by atoms with E-state index in [1.54, 1.807) is 0 Å². The van der Waals surface area contributed by atoms with Gasteiger partial charge in [0.2, 0.25) is 11.8 Å². The van der Waals surface area contributed by atoms with Gasteiger partial charge in [0.05, 0.1) is 7.11 Å². The number of esters is 1. The predicted molar refractivity (Wildman–Crippen MR) is 162 cm³/mol. The highest BCUT2D eigenvalue weighted by molar-refractivity contribution is 5.94. The first-order chi connectivity index (χ1) is 19.1. The van der Waals surface area contributed by atoms with Crippen molar-refractivity contribution in [2.75, 3.05) is 33.3 Å². The van der Waals surface area contributed by atoms with Crippen LogP contribution in [0.15, 0.2) is 85.1 Å². The monoisotopic (exact) mass is 539 g/mol. The Balaban J connectivity index is 3.57. The van der Waals surface area contributed by atoms with Crippen LogP contribution in [0.5, 0.6) is 0 Å². The Hall–Kier alpha value is -3.45. The molecule has 0 saturated heterocycles. The van der Waals surface area contributed by atoms with Crippen molar-refractivity contribution in [3.8, 4) is 0 Å². The van der Waals surface area contributed by atoms with Gasteiger partial charge in [-0.2, -0.15) is 0 Å². The van der Waals surface area contributed by atoms with Crippen molar-refractivity contribution in [1.82, 2.24) is 16.0 Å². The highest BCUT2D eigenvalue weighted by Gasteiger charge is 1.99. The maximum Gasteiger partial charge on any atom is 0.330 e. The number of amides is 2. The number of nitrogens with one attached hydrogen (secondary N) is 3. The van der Waals surface area contributed by atoms with Crippen molar-refractivity contribution in [3.63, 3.8) is 0 Å². The van der Waals surface area contributed by atoms with Gasteiger partial charge in [0, 0.05) is 38.2 Å². The molecule has 7 heteroatoms. The molecule has 0 saturated carbocycles. The van der Waals surface area contributed by atoms with Gasteiger partial charge < -0.3 is 20.7 Å². The summed E-state index contributed by atoms with van der Waals surface area (Å²) in [5, 5.41) is 8.76. The molecular weight excluding hydrogens is 490 g/mol. The zero-order valence-electron chi connectivity index (χ0n) is 23.9. The quantitative estimate of drug-likeness (QED) is 0.0699. The molecule has 7 nitrogen and oxygen atoms in total. The minimum absolute atomic E-state index is 0.0548. The van der Waals surface area contributed by atoms with Gasteiger partial charge >= 0.3 is 5.97 Å². The van der Waals surface area contributed by atoms with Crippen LogP contribution in [-0.2, 0) is 19.1 Å². The minimum Gasteiger partial charge on any atom is -0.466 e. The van der Waals surface area contributed by atoms with Gasteiger partial charge in [-0.1, -0.05) is 79.8 Å². The second-order valence-electron chi connectivity index (χ2n) is 8.55.